The third kappa shape index (κ3) is 1.48. The van der Waals surface area contributed by atoms with Crippen molar-refractivity contribution in [2.75, 3.05) is 0 Å². The van der Waals surface area contributed by atoms with Crippen molar-refractivity contribution in [2.24, 2.45) is 0 Å². The Kier molecular flexibility index (Phi) is 2.16. The highest BCUT2D eigenvalue weighted by Crippen LogP contribution is 2.04. The maximum atomic E-state index is 4.25. The molecule has 0 amide bonds. The molecule has 1 heterocycles. The molecule has 1 aromatic rings. The first-order valence-corrected chi connectivity index (χ1v) is 3.95. The van der Waals surface area contributed by atoms with Crippen molar-refractivity contribution in [3.05, 3.63) is 10.8 Å². The van der Waals surface area contributed by atoms with Crippen LogP contribution in [0.25, 0.3) is 0 Å². The van der Waals surface area contributed by atoms with Gasteiger partial charge < -0.3 is 0 Å². The van der Waals surface area contributed by atoms with Crippen LogP contribution in [0.4, 0.5) is 0 Å². The van der Waals surface area contributed by atoms with E-state index >= 15 is 0 Å². The molecular weight excluding hydrogens is 132 g/mol. The molecule has 0 aromatic carbocycles. The number of aryl methyl sites for hydroxylation is 2. The fourth-order valence-corrected chi connectivity index (χ4v) is 1.23. The molecule has 0 spiro atoms. The summed E-state index contributed by atoms with van der Waals surface area (Å²) in [5, 5.41) is 1.15. The standard InChI is InChI=1S/C6H10N2S/c1-3-5-7-6(4-2)9-8-5/h3-4H2,1-2H3. The average Bonchev–Trinajstić information content (AvgIpc) is 2.34. The molecule has 0 saturated heterocycles. The fraction of sp³-hybridized carbons (Fsp3) is 0.667. The minimum absolute atomic E-state index is 0.955. The third-order valence-electron chi connectivity index (χ3n) is 1.13. The Labute approximate surface area is 59.1 Å². The highest BCUT2D eigenvalue weighted by atomic mass is 32.1. The quantitative estimate of drug-likeness (QED) is 0.627. The Morgan fingerprint density at radius 1 is 1.33 bits per heavy atom. The lowest BCUT2D eigenvalue weighted by Gasteiger charge is -1.80. The van der Waals surface area contributed by atoms with E-state index in [1.807, 2.05) is 0 Å². The summed E-state index contributed by atoms with van der Waals surface area (Å²) < 4.78 is 4.14. The summed E-state index contributed by atoms with van der Waals surface area (Å²) in [6, 6.07) is 0. The molecule has 0 aliphatic carbocycles. The first-order chi connectivity index (χ1) is 4.36. The highest BCUT2D eigenvalue weighted by molar-refractivity contribution is 7.05. The molecule has 0 fully saturated rings. The molecule has 0 unspecified atom stereocenters. The Hall–Kier alpha value is -0.440. The maximum Gasteiger partial charge on any atom is 0.142 e. The van der Waals surface area contributed by atoms with Gasteiger partial charge in [0.05, 0.1) is 0 Å². The first kappa shape index (κ1) is 6.68. The van der Waals surface area contributed by atoms with Gasteiger partial charge in [0, 0.05) is 6.42 Å². The lowest BCUT2D eigenvalue weighted by atomic mass is 10.4. The van der Waals surface area contributed by atoms with E-state index in [-0.39, 0.29) is 0 Å². The molecule has 0 saturated carbocycles. The Bertz CT molecular complexity index is 164. The van der Waals surface area contributed by atoms with E-state index in [9.17, 15) is 0 Å². The van der Waals surface area contributed by atoms with Gasteiger partial charge in [-0.1, -0.05) is 13.8 Å². The Morgan fingerprint density at radius 3 is 2.44 bits per heavy atom. The zero-order valence-electron chi connectivity index (χ0n) is 5.72. The normalized spacial score (nSPS) is 10.0. The van der Waals surface area contributed by atoms with Gasteiger partial charge in [-0.2, -0.15) is 4.37 Å². The van der Waals surface area contributed by atoms with Crippen molar-refractivity contribution in [3.63, 3.8) is 0 Å². The van der Waals surface area contributed by atoms with Gasteiger partial charge in [-0.05, 0) is 18.0 Å². The summed E-state index contributed by atoms with van der Waals surface area (Å²) in [4.78, 5) is 4.25. The largest absolute Gasteiger partial charge is 0.225 e. The molecule has 0 N–H and O–H groups in total. The smallest absolute Gasteiger partial charge is 0.142 e. The van der Waals surface area contributed by atoms with Crippen LogP contribution < -0.4 is 0 Å². The van der Waals surface area contributed by atoms with Gasteiger partial charge in [-0.3, -0.25) is 0 Å². The molecule has 0 atom stereocenters. The molecule has 1 rings (SSSR count). The van der Waals surface area contributed by atoms with E-state index in [1.54, 1.807) is 0 Å². The minimum Gasteiger partial charge on any atom is -0.225 e. The topological polar surface area (TPSA) is 25.8 Å². The van der Waals surface area contributed by atoms with Crippen molar-refractivity contribution >= 4 is 11.5 Å². The van der Waals surface area contributed by atoms with E-state index in [1.165, 1.54) is 11.5 Å². The lowest BCUT2D eigenvalue weighted by molar-refractivity contribution is 0.963. The van der Waals surface area contributed by atoms with E-state index in [2.05, 4.69) is 23.2 Å². The van der Waals surface area contributed by atoms with Crippen LogP contribution in [0.5, 0.6) is 0 Å². The summed E-state index contributed by atoms with van der Waals surface area (Å²) in [5.41, 5.74) is 0. The van der Waals surface area contributed by atoms with Crippen molar-refractivity contribution < 1.29 is 0 Å². The molecule has 0 aliphatic rings. The van der Waals surface area contributed by atoms with E-state index in [0.29, 0.717) is 0 Å². The minimum atomic E-state index is 0.955. The summed E-state index contributed by atoms with van der Waals surface area (Å²) >= 11 is 1.51. The van der Waals surface area contributed by atoms with Crippen molar-refractivity contribution in [1.82, 2.24) is 9.36 Å². The van der Waals surface area contributed by atoms with Crippen molar-refractivity contribution in [2.45, 2.75) is 26.7 Å². The molecule has 0 radical (unpaired) electrons. The van der Waals surface area contributed by atoms with Gasteiger partial charge in [-0.15, -0.1) is 0 Å². The monoisotopic (exact) mass is 142 g/mol. The molecule has 0 bridgehead atoms. The Balaban J connectivity index is 2.74. The zero-order valence-corrected chi connectivity index (χ0v) is 6.53. The summed E-state index contributed by atoms with van der Waals surface area (Å²) in [5.74, 6) is 0.983. The second-order valence-corrected chi connectivity index (χ2v) is 2.65. The van der Waals surface area contributed by atoms with E-state index < -0.39 is 0 Å². The maximum absolute atomic E-state index is 4.25. The molecule has 50 valence electrons. The van der Waals surface area contributed by atoms with Crippen molar-refractivity contribution in [1.29, 1.82) is 0 Å². The van der Waals surface area contributed by atoms with Crippen molar-refractivity contribution in [3.8, 4) is 0 Å². The second kappa shape index (κ2) is 2.92. The van der Waals surface area contributed by atoms with Crippen LogP contribution in [-0.4, -0.2) is 9.36 Å². The zero-order chi connectivity index (χ0) is 6.69. The third-order valence-corrected chi connectivity index (χ3v) is 2.02. The van der Waals surface area contributed by atoms with Crippen LogP contribution in [-0.2, 0) is 12.8 Å². The van der Waals surface area contributed by atoms with Gasteiger partial charge in [-0.25, -0.2) is 4.98 Å². The number of hydrogen-bond acceptors (Lipinski definition) is 3. The van der Waals surface area contributed by atoms with Gasteiger partial charge >= 0.3 is 0 Å². The molecule has 2 nitrogen and oxygen atoms in total. The SMILES string of the molecule is CCc1nsc(CC)n1. The molecule has 9 heavy (non-hydrogen) atoms. The molecule has 1 aromatic heterocycles. The predicted molar refractivity (Wildman–Crippen MR) is 38.7 cm³/mol. The Morgan fingerprint density at radius 2 is 2.11 bits per heavy atom. The first-order valence-electron chi connectivity index (χ1n) is 3.18. The van der Waals surface area contributed by atoms with E-state index in [0.717, 1.165) is 23.7 Å². The summed E-state index contributed by atoms with van der Waals surface area (Å²) in [6.45, 7) is 4.17. The van der Waals surface area contributed by atoms with Crippen LogP contribution in [0.15, 0.2) is 0 Å². The van der Waals surface area contributed by atoms with Gasteiger partial charge in [0.2, 0.25) is 0 Å². The second-order valence-electron chi connectivity index (χ2n) is 1.81. The van der Waals surface area contributed by atoms with Crippen LogP contribution >= 0.6 is 11.5 Å². The van der Waals surface area contributed by atoms with Gasteiger partial charge in [0.15, 0.2) is 0 Å². The number of nitrogens with zero attached hydrogens (tertiary/aromatic N) is 2. The summed E-state index contributed by atoms with van der Waals surface area (Å²) in [7, 11) is 0. The molecule has 3 heteroatoms. The molecular formula is C6H10N2S. The van der Waals surface area contributed by atoms with Gasteiger partial charge in [0.25, 0.3) is 0 Å². The fourth-order valence-electron chi connectivity index (χ4n) is 0.577. The number of rotatable bonds is 2. The molecule has 0 aliphatic heterocycles. The highest BCUT2D eigenvalue weighted by Gasteiger charge is 1.96. The van der Waals surface area contributed by atoms with E-state index in [4.69, 9.17) is 0 Å². The lowest BCUT2D eigenvalue weighted by Crippen LogP contribution is -1.82. The summed E-state index contributed by atoms with van der Waals surface area (Å²) in [6.07, 6.45) is 1.97. The van der Waals surface area contributed by atoms with Crippen LogP contribution in [0.2, 0.25) is 0 Å². The van der Waals surface area contributed by atoms with Gasteiger partial charge in [0.1, 0.15) is 10.8 Å². The van der Waals surface area contributed by atoms with Crippen LogP contribution in [0.3, 0.4) is 0 Å². The predicted octanol–water partition coefficient (Wildman–Crippen LogP) is 1.66. The van der Waals surface area contributed by atoms with Crippen LogP contribution in [0, 0.1) is 0 Å². The average molecular weight is 142 g/mol. The number of hydrogen-bond donors (Lipinski definition) is 0. The van der Waals surface area contributed by atoms with Crippen LogP contribution in [0.1, 0.15) is 24.7 Å². The number of aromatic nitrogens is 2.